The van der Waals surface area contributed by atoms with Gasteiger partial charge < -0.3 is 14.0 Å². The number of nitrogens with zero attached hydrogens (tertiary/aromatic N) is 3. The van der Waals surface area contributed by atoms with E-state index < -0.39 is 5.97 Å². The van der Waals surface area contributed by atoms with Crippen LogP contribution in [0.4, 0.5) is 4.39 Å². The Kier molecular flexibility index (Phi) is 4.33. The summed E-state index contributed by atoms with van der Waals surface area (Å²) >= 11 is 0. The number of H-pyrrole nitrogens is 1. The maximum Gasteiger partial charge on any atom is 0.337 e. The number of ether oxygens (including phenoxy) is 2. The van der Waals surface area contributed by atoms with Crippen molar-refractivity contribution in [2.75, 3.05) is 20.8 Å². The number of aromatic amines is 1. The van der Waals surface area contributed by atoms with E-state index in [0.717, 1.165) is 10.9 Å². The summed E-state index contributed by atoms with van der Waals surface area (Å²) in [4.78, 5) is 16.5. The number of hydrogen-bond donors (Lipinski definition) is 1. The predicted molar refractivity (Wildman–Crippen MR) is 98.0 cm³/mol. The minimum absolute atomic E-state index is 0.340. The fraction of sp³-hybridized carbons (Fsp3) is 0.211. The third-order valence-electron chi connectivity index (χ3n) is 4.43. The molecule has 0 aliphatic carbocycles. The summed E-state index contributed by atoms with van der Waals surface area (Å²) in [5.74, 6) is -0.201. The number of carbonyl (C=O) groups excluding carboxylic acids is 1. The molecule has 8 heteroatoms. The van der Waals surface area contributed by atoms with E-state index in [-0.39, 0.29) is 5.82 Å². The SMILES string of the molecule is COCCn1c(-c2n[nH]c3ccc(C(=O)OC)cc23)nc2ccc(F)cc21. The van der Waals surface area contributed by atoms with E-state index in [1.54, 1.807) is 31.4 Å². The van der Waals surface area contributed by atoms with Crippen LogP contribution in [-0.2, 0) is 16.0 Å². The van der Waals surface area contributed by atoms with Gasteiger partial charge in [0.1, 0.15) is 11.5 Å². The zero-order valence-electron chi connectivity index (χ0n) is 14.8. The van der Waals surface area contributed by atoms with Crippen LogP contribution in [0.2, 0.25) is 0 Å². The molecule has 0 radical (unpaired) electrons. The number of aromatic nitrogens is 4. The van der Waals surface area contributed by atoms with Crippen molar-refractivity contribution in [3.63, 3.8) is 0 Å². The van der Waals surface area contributed by atoms with Gasteiger partial charge in [0.25, 0.3) is 0 Å². The molecule has 2 aromatic carbocycles. The molecule has 1 N–H and O–H groups in total. The normalized spacial score (nSPS) is 11.4. The Morgan fingerprint density at radius 3 is 2.85 bits per heavy atom. The van der Waals surface area contributed by atoms with Gasteiger partial charge in [0.2, 0.25) is 0 Å². The van der Waals surface area contributed by atoms with Crippen LogP contribution in [0.15, 0.2) is 36.4 Å². The zero-order chi connectivity index (χ0) is 19.0. The molecule has 0 atom stereocenters. The Bertz CT molecular complexity index is 1150. The lowest BCUT2D eigenvalue weighted by molar-refractivity contribution is 0.0601. The van der Waals surface area contributed by atoms with Gasteiger partial charge >= 0.3 is 5.97 Å². The Balaban J connectivity index is 1.94. The zero-order valence-corrected chi connectivity index (χ0v) is 14.8. The number of halogens is 1. The van der Waals surface area contributed by atoms with Crippen LogP contribution >= 0.6 is 0 Å². The molecule has 4 rings (SSSR count). The summed E-state index contributed by atoms with van der Waals surface area (Å²) in [5.41, 5.74) is 3.06. The number of rotatable bonds is 5. The van der Waals surface area contributed by atoms with E-state index in [9.17, 15) is 9.18 Å². The monoisotopic (exact) mass is 368 g/mol. The Labute approximate surface area is 153 Å². The van der Waals surface area contributed by atoms with Crippen LogP contribution in [-0.4, -0.2) is 46.5 Å². The number of hydrogen-bond acceptors (Lipinski definition) is 5. The summed E-state index contributed by atoms with van der Waals surface area (Å²) in [7, 11) is 2.94. The molecular formula is C19H17FN4O3. The summed E-state index contributed by atoms with van der Waals surface area (Å²) < 4.78 is 25.6. The van der Waals surface area contributed by atoms with Crippen LogP contribution in [0.5, 0.6) is 0 Å². The van der Waals surface area contributed by atoms with E-state index in [2.05, 4.69) is 15.2 Å². The number of carbonyl (C=O) groups is 1. The van der Waals surface area contributed by atoms with Crippen LogP contribution in [0.25, 0.3) is 33.5 Å². The topological polar surface area (TPSA) is 82.0 Å². The van der Waals surface area contributed by atoms with Crippen molar-refractivity contribution in [2.24, 2.45) is 0 Å². The summed E-state index contributed by atoms with van der Waals surface area (Å²) in [5, 5.41) is 8.06. The lowest BCUT2D eigenvalue weighted by Gasteiger charge is -2.07. The molecular weight excluding hydrogens is 351 g/mol. The number of methoxy groups -OCH3 is 2. The molecule has 0 bridgehead atoms. The largest absolute Gasteiger partial charge is 0.465 e. The van der Waals surface area contributed by atoms with E-state index in [1.807, 2.05) is 4.57 Å². The summed E-state index contributed by atoms with van der Waals surface area (Å²) in [6.07, 6.45) is 0. The first-order chi connectivity index (χ1) is 13.1. The first-order valence-electron chi connectivity index (χ1n) is 8.34. The van der Waals surface area contributed by atoms with E-state index in [1.165, 1.54) is 19.2 Å². The second-order valence-electron chi connectivity index (χ2n) is 6.04. The van der Waals surface area contributed by atoms with Gasteiger partial charge in [-0.15, -0.1) is 0 Å². The maximum atomic E-state index is 13.8. The number of benzene rings is 2. The molecule has 0 aliphatic heterocycles. The fourth-order valence-corrected chi connectivity index (χ4v) is 3.11. The van der Waals surface area contributed by atoms with Gasteiger partial charge in [-0.2, -0.15) is 5.10 Å². The van der Waals surface area contributed by atoms with Crippen molar-refractivity contribution in [3.05, 3.63) is 47.8 Å². The summed E-state index contributed by atoms with van der Waals surface area (Å²) in [6, 6.07) is 9.58. The van der Waals surface area contributed by atoms with Crippen molar-refractivity contribution >= 4 is 27.9 Å². The third-order valence-corrected chi connectivity index (χ3v) is 4.43. The van der Waals surface area contributed by atoms with Gasteiger partial charge in [0, 0.05) is 19.0 Å². The third kappa shape index (κ3) is 2.93. The standard InChI is InChI=1S/C19H17FN4O3/c1-26-8-7-24-16-10-12(20)4-6-15(16)21-18(24)17-13-9-11(19(25)27-2)3-5-14(13)22-23-17/h3-6,9-10H,7-8H2,1-2H3,(H,22,23). The summed E-state index contributed by atoms with van der Waals surface area (Å²) in [6.45, 7) is 0.918. The molecule has 138 valence electrons. The molecule has 7 nitrogen and oxygen atoms in total. The van der Waals surface area contributed by atoms with Crippen molar-refractivity contribution in [1.29, 1.82) is 0 Å². The van der Waals surface area contributed by atoms with Crippen molar-refractivity contribution < 1.29 is 18.7 Å². The molecule has 0 unspecified atom stereocenters. The highest BCUT2D eigenvalue weighted by Crippen LogP contribution is 2.30. The van der Waals surface area contributed by atoms with Crippen molar-refractivity contribution in [3.8, 4) is 11.5 Å². The molecule has 0 fully saturated rings. The highest BCUT2D eigenvalue weighted by molar-refractivity contribution is 5.99. The first kappa shape index (κ1) is 17.2. The Morgan fingerprint density at radius 2 is 2.07 bits per heavy atom. The Morgan fingerprint density at radius 1 is 1.22 bits per heavy atom. The van der Waals surface area contributed by atoms with Crippen molar-refractivity contribution in [1.82, 2.24) is 19.7 Å². The average molecular weight is 368 g/mol. The van der Waals surface area contributed by atoms with E-state index in [0.29, 0.717) is 41.3 Å². The quantitative estimate of drug-likeness (QED) is 0.547. The molecule has 0 amide bonds. The highest BCUT2D eigenvalue weighted by atomic mass is 19.1. The molecule has 0 saturated heterocycles. The second-order valence-corrected chi connectivity index (χ2v) is 6.04. The number of fused-ring (bicyclic) bond motifs is 2. The molecule has 27 heavy (non-hydrogen) atoms. The molecule has 0 saturated carbocycles. The number of nitrogens with one attached hydrogen (secondary N) is 1. The van der Waals surface area contributed by atoms with E-state index >= 15 is 0 Å². The number of imidazole rings is 1. The molecule has 2 heterocycles. The second kappa shape index (κ2) is 6.81. The van der Waals surface area contributed by atoms with Crippen LogP contribution in [0.3, 0.4) is 0 Å². The van der Waals surface area contributed by atoms with Gasteiger partial charge in [-0.3, -0.25) is 5.10 Å². The van der Waals surface area contributed by atoms with Crippen LogP contribution in [0.1, 0.15) is 10.4 Å². The lowest BCUT2D eigenvalue weighted by atomic mass is 10.1. The maximum absolute atomic E-state index is 13.8. The Hall–Kier alpha value is -3.26. The van der Waals surface area contributed by atoms with Gasteiger partial charge in [0.05, 0.1) is 35.8 Å². The molecule has 0 aliphatic rings. The molecule has 0 spiro atoms. The molecule has 4 aromatic rings. The molecule has 2 aromatic heterocycles. The number of esters is 1. The van der Waals surface area contributed by atoms with Gasteiger partial charge in [-0.25, -0.2) is 14.2 Å². The van der Waals surface area contributed by atoms with Crippen LogP contribution in [0, 0.1) is 5.82 Å². The lowest BCUT2D eigenvalue weighted by Crippen LogP contribution is -2.06. The highest BCUT2D eigenvalue weighted by Gasteiger charge is 2.19. The van der Waals surface area contributed by atoms with Crippen LogP contribution < -0.4 is 0 Å². The minimum atomic E-state index is -0.431. The van der Waals surface area contributed by atoms with Crippen molar-refractivity contribution in [2.45, 2.75) is 6.54 Å². The van der Waals surface area contributed by atoms with Gasteiger partial charge in [-0.05, 0) is 36.4 Å². The van der Waals surface area contributed by atoms with E-state index in [4.69, 9.17) is 9.47 Å². The predicted octanol–water partition coefficient (Wildman–Crippen LogP) is 3.15. The minimum Gasteiger partial charge on any atom is -0.465 e. The first-order valence-corrected chi connectivity index (χ1v) is 8.34. The van der Waals surface area contributed by atoms with Gasteiger partial charge in [-0.1, -0.05) is 0 Å². The average Bonchev–Trinajstić information content (AvgIpc) is 3.25. The van der Waals surface area contributed by atoms with Gasteiger partial charge in [0.15, 0.2) is 5.82 Å². The smallest absolute Gasteiger partial charge is 0.337 e. The fourth-order valence-electron chi connectivity index (χ4n) is 3.11.